The van der Waals surface area contributed by atoms with Gasteiger partial charge in [0.25, 0.3) is 5.91 Å². The highest BCUT2D eigenvalue weighted by molar-refractivity contribution is 7.16. The maximum atomic E-state index is 13.0. The topological polar surface area (TPSA) is 55.8 Å². The van der Waals surface area contributed by atoms with Gasteiger partial charge in [0.05, 0.1) is 12.6 Å². The summed E-state index contributed by atoms with van der Waals surface area (Å²) in [5.74, 6) is -0.0982. The predicted molar refractivity (Wildman–Crippen MR) is 136 cm³/mol. The number of halogens is 1. The number of amides is 1. The van der Waals surface area contributed by atoms with E-state index in [1.54, 1.807) is 11.3 Å². The number of piperazine rings is 1. The van der Waals surface area contributed by atoms with Gasteiger partial charge < -0.3 is 10.4 Å². The molecule has 0 aliphatic carbocycles. The Morgan fingerprint density at radius 3 is 2.52 bits per heavy atom. The molecule has 0 bridgehead atoms. The van der Waals surface area contributed by atoms with Crippen molar-refractivity contribution >= 4 is 33.8 Å². The monoisotopic (exact) mass is 483 g/mol. The Bertz CT molecular complexity index is 1060. The molecule has 1 saturated heterocycles. The molecule has 33 heavy (non-hydrogen) atoms. The highest BCUT2D eigenvalue weighted by Crippen LogP contribution is 2.40. The molecule has 7 heteroatoms. The number of aryl methyl sites for hydroxylation is 1. The van der Waals surface area contributed by atoms with Crippen molar-refractivity contribution in [2.75, 3.05) is 44.6 Å². The van der Waals surface area contributed by atoms with E-state index in [1.807, 2.05) is 48.5 Å². The molecule has 0 spiro atoms. The van der Waals surface area contributed by atoms with Crippen molar-refractivity contribution in [3.05, 3.63) is 87.3 Å². The van der Waals surface area contributed by atoms with E-state index in [4.69, 9.17) is 11.6 Å². The number of carbonyl (C=O) groups excluding carboxylic acids is 1. The van der Waals surface area contributed by atoms with E-state index < -0.39 is 0 Å². The average Bonchev–Trinajstić information content (AvgIpc) is 3.23. The van der Waals surface area contributed by atoms with Crippen molar-refractivity contribution in [1.29, 1.82) is 0 Å². The third kappa shape index (κ3) is 5.83. The number of benzene rings is 2. The average molecular weight is 484 g/mol. The van der Waals surface area contributed by atoms with Crippen molar-refractivity contribution in [2.45, 2.75) is 19.4 Å². The van der Waals surface area contributed by atoms with Gasteiger partial charge in [-0.05, 0) is 42.3 Å². The van der Waals surface area contributed by atoms with Crippen LogP contribution in [-0.4, -0.2) is 60.1 Å². The minimum absolute atomic E-state index is 0.0115. The standard InChI is InChI=1S/C26H30ClN3O2S/c1-2-22-18-23(26(33-22)28-25(32)19-7-4-3-5-8-19)24(20-9-6-10-21(27)17-20)30-13-11-29(12-14-30)15-16-31/h3-10,17-18,24,31H,2,11-16H2,1H3,(H,28,32)/t24-/m1/s1. The SMILES string of the molecule is CCc1cc([C@@H](c2cccc(Cl)c2)N2CCN(CCO)CC2)c(NC(=O)c2ccccc2)s1. The van der Waals surface area contributed by atoms with Crippen LogP contribution in [0.5, 0.6) is 0 Å². The summed E-state index contributed by atoms with van der Waals surface area (Å²) in [6, 6.07) is 19.6. The minimum Gasteiger partial charge on any atom is -0.395 e. The molecule has 2 heterocycles. The smallest absolute Gasteiger partial charge is 0.256 e. The Labute approximate surface area is 204 Å². The number of β-amino-alcohol motifs (C(OH)–C–C–N with tert-alkyl or cyclic N) is 1. The number of hydrogen-bond donors (Lipinski definition) is 2. The van der Waals surface area contributed by atoms with Crippen LogP contribution in [0.4, 0.5) is 5.00 Å². The molecule has 4 rings (SSSR count). The Morgan fingerprint density at radius 1 is 1.09 bits per heavy atom. The van der Waals surface area contributed by atoms with Crippen LogP contribution in [0.3, 0.4) is 0 Å². The quantitative estimate of drug-likeness (QED) is 0.477. The first-order chi connectivity index (χ1) is 16.1. The highest BCUT2D eigenvalue weighted by Gasteiger charge is 2.30. The highest BCUT2D eigenvalue weighted by atomic mass is 35.5. The summed E-state index contributed by atoms with van der Waals surface area (Å²) in [5.41, 5.74) is 2.87. The third-order valence-corrected chi connectivity index (χ3v) is 7.52. The van der Waals surface area contributed by atoms with Gasteiger partial charge in [-0.3, -0.25) is 14.6 Å². The number of hydrogen-bond acceptors (Lipinski definition) is 5. The van der Waals surface area contributed by atoms with Crippen LogP contribution in [0, 0.1) is 0 Å². The van der Waals surface area contributed by atoms with Gasteiger partial charge in [0, 0.05) is 53.8 Å². The lowest BCUT2D eigenvalue weighted by atomic mass is 9.97. The second kappa shape index (κ2) is 11.3. The number of anilines is 1. The van der Waals surface area contributed by atoms with E-state index in [0.29, 0.717) is 17.1 Å². The van der Waals surface area contributed by atoms with Crippen LogP contribution in [0.15, 0.2) is 60.7 Å². The summed E-state index contributed by atoms with van der Waals surface area (Å²) < 4.78 is 0. The molecule has 1 atom stereocenters. The van der Waals surface area contributed by atoms with E-state index in [9.17, 15) is 9.90 Å². The summed E-state index contributed by atoms with van der Waals surface area (Å²) in [4.78, 5) is 19.0. The van der Waals surface area contributed by atoms with Crippen LogP contribution < -0.4 is 5.32 Å². The summed E-state index contributed by atoms with van der Waals surface area (Å²) in [6.07, 6.45) is 0.908. The fraction of sp³-hybridized carbons (Fsp3) is 0.346. The lowest BCUT2D eigenvalue weighted by Crippen LogP contribution is -2.48. The zero-order valence-corrected chi connectivity index (χ0v) is 20.4. The van der Waals surface area contributed by atoms with Gasteiger partial charge in [0.1, 0.15) is 5.00 Å². The lowest BCUT2D eigenvalue weighted by molar-refractivity contribution is 0.0946. The normalized spacial score (nSPS) is 16.0. The number of aliphatic hydroxyl groups excluding tert-OH is 1. The molecule has 174 valence electrons. The molecule has 1 amide bonds. The first kappa shape index (κ1) is 23.9. The van der Waals surface area contributed by atoms with Crippen molar-refractivity contribution in [3.63, 3.8) is 0 Å². The van der Waals surface area contributed by atoms with Crippen LogP contribution in [0.25, 0.3) is 0 Å². The summed E-state index contributed by atoms with van der Waals surface area (Å²) in [7, 11) is 0. The summed E-state index contributed by atoms with van der Waals surface area (Å²) >= 11 is 8.04. The predicted octanol–water partition coefficient (Wildman–Crippen LogP) is 4.92. The van der Waals surface area contributed by atoms with Crippen LogP contribution >= 0.6 is 22.9 Å². The van der Waals surface area contributed by atoms with Gasteiger partial charge in [-0.2, -0.15) is 0 Å². The van der Waals surface area contributed by atoms with Gasteiger partial charge in [-0.1, -0.05) is 48.9 Å². The van der Waals surface area contributed by atoms with E-state index in [2.05, 4.69) is 34.2 Å². The molecule has 2 aromatic carbocycles. The number of rotatable bonds is 8. The molecule has 1 aliphatic heterocycles. The van der Waals surface area contributed by atoms with Gasteiger partial charge in [0.15, 0.2) is 0 Å². The molecule has 0 unspecified atom stereocenters. The maximum Gasteiger partial charge on any atom is 0.256 e. The zero-order chi connectivity index (χ0) is 23.2. The molecule has 1 fully saturated rings. The van der Waals surface area contributed by atoms with Crippen molar-refractivity contribution in [3.8, 4) is 0 Å². The number of thiophene rings is 1. The Hall–Kier alpha value is -2.22. The van der Waals surface area contributed by atoms with E-state index in [1.165, 1.54) is 4.88 Å². The van der Waals surface area contributed by atoms with Crippen LogP contribution in [-0.2, 0) is 6.42 Å². The lowest BCUT2D eigenvalue weighted by Gasteiger charge is -2.39. The molecule has 5 nitrogen and oxygen atoms in total. The fourth-order valence-electron chi connectivity index (χ4n) is 4.35. The van der Waals surface area contributed by atoms with Crippen molar-refractivity contribution in [2.24, 2.45) is 0 Å². The Morgan fingerprint density at radius 2 is 1.85 bits per heavy atom. The molecular weight excluding hydrogens is 454 g/mol. The number of nitrogens with one attached hydrogen (secondary N) is 1. The number of carbonyl (C=O) groups is 1. The van der Waals surface area contributed by atoms with Crippen molar-refractivity contribution in [1.82, 2.24) is 9.80 Å². The van der Waals surface area contributed by atoms with Gasteiger partial charge >= 0.3 is 0 Å². The second-order valence-corrected chi connectivity index (χ2v) is 9.80. The molecule has 3 aromatic rings. The third-order valence-electron chi connectivity index (χ3n) is 6.07. The van der Waals surface area contributed by atoms with Gasteiger partial charge in [-0.25, -0.2) is 0 Å². The maximum absolute atomic E-state index is 13.0. The second-order valence-electron chi connectivity index (χ2n) is 8.23. The Kier molecular flexibility index (Phi) is 8.17. The van der Waals surface area contributed by atoms with Crippen LogP contribution in [0.1, 0.15) is 39.3 Å². The number of nitrogens with zero attached hydrogens (tertiary/aromatic N) is 2. The van der Waals surface area contributed by atoms with Crippen molar-refractivity contribution < 1.29 is 9.90 Å². The van der Waals surface area contributed by atoms with E-state index in [-0.39, 0.29) is 18.6 Å². The summed E-state index contributed by atoms with van der Waals surface area (Å²) in [5, 5.41) is 14.1. The first-order valence-corrected chi connectivity index (χ1v) is 12.6. The Balaban J connectivity index is 1.69. The fourth-order valence-corrected chi connectivity index (χ4v) is 5.57. The largest absolute Gasteiger partial charge is 0.395 e. The van der Waals surface area contributed by atoms with Crippen LogP contribution in [0.2, 0.25) is 5.02 Å². The van der Waals surface area contributed by atoms with Gasteiger partial charge in [-0.15, -0.1) is 11.3 Å². The minimum atomic E-state index is -0.0982. The molecule has 0 radical (unpaired) electrons. The van der Waals surface area contributed by atoms with Gasteiger partial charge in [0.2, 0.25) is 0 Å². The molecule has 0 saturated carbocycles. The zero-order valence-electron chi connectivity index (χ0n) is 18.8. The summed E-state index contributed by atoms with van der Waals surface area (Å²) in [6.45, 7) is 6.56. The van der Waals surface area contributed by atoms with E-state index in [0.717, 1.165) is 48.7 Å². The molecule has 1 aromatic heterocycles. The number of aliphatic hydroxyl groups is 1. The van der Waals surface area contributed by atoms with E-state index >= 15 is 0 Å². The molecular formula is C26H30ClN3O2S. The molecule has 2 N–H and O–H groups in total. The molecule has 1 aliphatic rings. The first-order valence-electron chi connectivity index (χ1n) is 11.4.